The molecule has 0 fully saturated rings. The standard InChI is InChI=1S/C9H19NO3/c1-7(2)13-6-5-10-9(11)8(3)12-4/h7-8H,5-6H2,1-4H3,(H,10,11). The zero-order valence-corrected chi connectivity index (χ0v) is 8.79. The molecule has 0 heterocycles. The van der Waals surface area contributed by atoms with Crippen molar-refractivity contribution in [2.45, 2.75) is 33.0 Å². The van der Waals surface area contributed by atoms with E-state index in [2.05, 4.69) is 5.32 Å². The Bertz CT molecular complexity index is 148. The molecule has 1 atom stereocenters. The summed E-state index contributed by atoms with van der Waals surface area (Å²) in [6, 6.07) is 0. The van der Waals surface area contributed by atoms with Crippen molar-refractivity contribution in [1.29, 1.82) is 0 Å². The summed E-state index contributed by atoms with van der Waals surface area (Å²) in [6.45, 7) is 6.70. The van der Waals surface area contributed by atoms with Gasteiger partial charge in [-0.2, -0.15) is 0 Å². The van der Waals surface area contributed by atoms with E-state index < -0.39 is 0 Å². The maximum atomic E-state index is 11.1. The van der Waals surface area contributed by atoms with Crippen molar-refractivity contribution in [1.82, 2.24) is 5.32 Å². The Morgan fingerprint density at radius 3 is 2.46 bits per heavy atom. The number of methoxy groups -OCH3 is 1. The molecule has 0 aliphatic rings. The highest BCUT2D eigenvalue weighted by atomic mass is 16.5. The van der Waals surface area contributed by atoms with Crippen LogP contribution in [0.25, 0.3) is 0 Å². The van der Waals surface area contributed by atoms with Crippen LogP contribution in [0.15, 0.2) is 0 Å². The highest BCUT2D eigenvalue weighted by Crippen LogP contribution is 1.88. The summed E-state index contributed by atoms with van der Waals surface area (Å²) in [5.41, 5.74) is 0. The summed E-state index contributed by atoms with van der Waals surface area (Å²) in [5.74, 6) is -0.102. The molecule has 0 spiro atoms. The molecule has 4 heteroatoms. The van der Waals surface area contributed by atoms with Gasteiger partial charge in [0, 0.05) is 13.7 Å². The summed E-state index contributed by atoms with van der Waals surface area (Å²) < 4.78 is 10.1. The minimum Gasteiger partial charge on any atom is -0.377 e. The maximum absolute atomic E-state index is 11.1. The van der Waals surface area contributed by atoms with Gasteiger partial charge >= 0.3 is 0 Å². The van der Waals surface area contributed by atoms with E-state index >= 15 is 0 Å². The van der Waals surface area contributed by atoms with Gasteiger partial charge in [-0.15, -0.1) is 0 Å². The number of hydrogen-bond donors (Lipinski definition) is 1. The van der Waals surface area contributed by atoms with Crippen molar-refractivity contribution in [3.63, 3.8) is 0 Å². The third-order valence-corrected chi connectivity index (χ3v) is 1.58. The molecule has 78 valence electrons. The number of ether oxygens (including phenoxy) is 2. The lowest BCUT2D eigenvalue weighted by Gasteiger charge is -2.11. The van der Waals surface area contributed by atoms with Crippen LogP contribution in [0.2, 0.25) is 0 Å². The predicted octanol–water partition coefficient (Wildman–Crippen LogP) is 0.562. The molecule has 0 bridgehead atoms. The van der Waals surface area contributed by atoms with E-state index in [1.807, 2.05) is 13.8 Å². The lowest BCUT2D eigenvalue weighted by Crippen LogP contribution is -2.36. The van der Waals surface area contributed by atoms with Crippen LogP contribution in [0, 0.1) is 0 Å². The molecule has 1 N–H and O–H groups in total. The average Bonchev–Trinajstić information content (AvgIpc) is 2.10. The summed E-state index contributed by atoms with van der Waals surface area (Å²) in [6.07, 6.45) is -0.184. The van der Waals surface area contributed by atoms with Crippen LogP contribution >= 0.6 is 0 Å². The van der Waals surface area contributed by atoms with Gasteiger partial charge in [-0.25, -0.2) is 0 Å². The molecule has 0 radical (unpaired) electrons. The zero-order valence-electron chi connectivity index (χ0n) is 8.79. The number of nitrogens with one attached hydrogen (secondary N) is 1. The third-order valence-electron chi connectivity index (χ3n) is 1.58. The Balaban J connectivity index is 3.37. The van der Waals surface area contributed by atoms with Crippen LogP contribution in [-0.2, 0) is 14.3 Å². The molecular weight excluding hydrogens is 170 g/mol. The Kier molecular flexibility index (Phi) is 6.54. The third kappa shape index (κ3) is 6.54. The minimum atomic E-state index is -0.390. The van der Waals surface area contributed by atoms with E-state index in [4.69, 9.17) is 9.47 Å². The van der Waals surface area contributed by atoms with Crippen LogP contribution in [0.1, 0.15) is 20.8 Å². The highest BCUT2D eigenvalue weighted by molar-refractivity contribution is 5.80. The lowest BCUT2D eigenvalue weighted by atomic mass is 10.4. The van der Waals surface area contributed by atoms with Crippen molar-refractivity contribution in [3.8, 4) is 0 Å². The largest absolute Gasteiger partial charge is 0.377 e. The number of amides is 1. The summed E-state index contributed by atoms with van der Waals surface area (Å²) >= 11 is 0. The van der Waals surface area contributed by atoms with Gasteiger partial charge < -0.3 is 14.8 Å². The van der Waals surface area contributed by atoms with E-state index in [1.54, 1.807) is 6.92 Å². The van der Waals surface area contributed by atoms with Crippen molar-refractivity contribution >= 4 is 5.91 Å². The zero-order chi connectivity index (χ0) is 10.3. The highest BCUT2D eigenvalue weighted by Gasteiger charge is 2.09. The summed E-state index contributed by atoms with van der Waals surface area (Å²) in [7, 11) is 1.51. The fourth-order valence-corrected chi connectivity index (χ4v) is 0.720. The monoisotopic (exact) mass is 189 g/mol. The molecule has 0 aliphatic carbocycles. The van der Waals surface area contributed by atoms with E-state index in [0.29, 0.717) is 13.2 Å². The molecule has 13 heavy (non-hydrogen) atoms. The van der Waals surface area contributed by atoms with Crippen LogP contribution < -0.4 is 5.32 Å². The second-order valence-corrected chi connectivity index (χ2v) is 3.09. The molecule has 0 aliphatic heterocycles. The molecule has 0 rings (SSSR count). The molecule has 4 nitrogen and oxygen atoms in total. The number of hydrogen-bond acceptors (Lipinski definition) is 3. The second kappa shape index (κ2) is 6.86. The number of carbonyl (C=O) groups is 1. The first-order valence-corrected chi connectivity index (χ1v) is 4.50. The smallest absolute Gasteiger partial charge is 0.248 e. The number of rotatable bonds is 6. The van der Waals surface area contributed by atoms with Gasteiger partial charge in [0.15, 0.2) is 0 Å². The van der Waals surface area contributed by atoms with E-state index in [1.165, 1.54) is 7.11 Å². The topological polar surface area (TPSA) is 47.6 Å². The first kappa shape index (κ1) is 12.4. The van der Waals surface area contributed by atoms with Gasteiger partial charge in [0.25, 0.3) is 0 Å². The Labute approximate surface area is 79.6 Å². The van der Waals surface area contributed by atoms with Gasteiger partial charge in [0.05, 0.1) is 12.7 Å². The molecular formula is C9H19NO3. The van der Waals surface area contributed by atoms with Crippen molar-refractivity contribution in [2.24, 2.45) is 0 Å². The van der Waals surface area contributed by atoms with Gasteiger partial charge in [-0.3, -0.25) is 4.79 Å². The fourth-order valence-electron chi connectivity index (χ4n) is 0.720. The first-order valence-electron chi connectivity index (χ1n) is 4.50. The molecule has 1 unspecified atom stereocenters. The van der Waals surface area contributed by atoms with E-state index in [-0.39, 0.29) is 18.1 Å². The van der Waals surface area contributed by atoms with Gasteiger partial charge in [-0.05, 0) is 20.8 Å². The molecule has 0 saturated carbocycles. The summed E-state index contributed by atoms with van der Waals surface area (Å²) in [4.78, 5) is 11.1. The average molecular weight is 189 g/mol. The summed E-state index contributed by atoms with van der Waals surface area (Å²) in [5, 5.41) is 2.70. The van der Waals surface area contributed by atoms with Crippen LogP contribution in [-0.4, -0.2) is 38.4 Å². The molecule has 1 amide bonds. The molecule has 0 saturated heterocycles. The Morgan fingerprint density at radius 1 is 1.38 bits per heavy atom. The maximum Gasteiger partial charge on any atom is 0.248 e. The van der Waals surface area contributed by atoms with Crippen molar-refractivity contribution in [2.75, 3.05) is 20.3 Å². The van der Waals surface area contributed by atoms with Crippen molar-refractivity contribution in [3.05, 3.63) is 0 Å². The van der Waals surface area contributed by atoms with Crippen LogP contribution in [0.4, 0.5) is 0 Å². The van der Waals surface area contributed by atoms with Crippen LogP contribution in [0.5, 0.6) is 0 Å². The molecule has 0 aromatic rings. The molecule has 0 aromatic carbocycles. The predicted molar refractivity (Wildman–Crippen MR) is 50.6 cm³/mol. The lowest BCUT2D eigenvalue weighted by molar-refractivity contribution is -0.130. The Hall–Kier alpha value is -0.610. The normalized spacial score (nSPS) is 13.0. The van der Waals surface area contributed by atoms with Crippen LogP contribution in [0.3, 0.4) is 0 Å². The second-order valence-electron chi connectivity index (χ2n) is 3.09. The quantitative estimate of drug-likeness (QED) is 0.621. The SMILES string of the molecule is COC(C)C(=O)NCCOC(C)C. The van der Waals surface area contributed by atoms with Crippen molar-refractivity contribution < 1.29 is 14.3 Å². The number of carbonyl (C=O) groups excluding carboxylic acids is 1. The first-order chi connectivity index (χ1) is 6.07. The van der Waals surface area contributed by atoms with E-state index in [0.717, 1.165) is 0 Å². The van der Waals surface area contributed by atoms with Gasteiger partial charge in [0.1, 0.15) is 6.10 Å². The minimum absolute atomic E-state index is 0.102. The van der Waals surface area contributed by atoms with Gasteiger partial charge in [0.2, 0.25) is 5.91 Å². The van der Waals surface area contributed by atoms with E-state index in [9.17, 15) is 4.79 Å². The fraction of sp³-hybridized carbons (Fsp3) is 0.889. The van der Waals surface area contributed by atoms with Gasteiger partial charge in [-0.1, -0.05) is 0 Å². The Morgan fingerprint density at radius 2 is 2.00 bits per heavy atom. The molecule has 0 aromatic heterocycles.